The van der Waals surface area contributed by atoms with E-state index in [9.17, 15) is 4.79 Å². The number of anilines is 1. The van der Waals surface area contributed by atoms with Gasteiger partial charge in [0, 0.05) is 38.3 Å². The zero-order valence-corrected chi connectivity index (χ0v) is 12.9. The average Bonchev–Trinajstić information content (AvgIpc) is 2.96. The standard InChI is InChI=1S/C17H22N4O/c1-14(22)18-16-8-5-10-20(13-16)17-9-11-21(19-17)12-15-6-3-2-4-7-15/h2-4,6-7,9,11,16H,5,8,10,12-13H2,1H3,(H,18,22). The summed E-state index contributed by atoms with van der Waals surface area (Å²) in [4.78, 5) is 13.5. The molecule has 1 atom stereocenters. The van der Waals surface area contributed by atoms with Crippen LogP contribution in [-0.4, -0.2) is 34.8 Å². The van der Waals surface area contributed by atoms with E-state index in [0.717, 1.165) is 38.3 Å². The Bertz CT molecular complexity index is 623. The van der Waals surface area contributed by atoms with Gasteiger partial charge in [0.05, 0.1) is 6.54 Å². The van der Waals surface area contributed by atoms with Gasteiger partial charge in [-0.25, -0.2) is 0 Å². The molecule has 2 aromatic rings. The normalized spacial score (nSPS) is 18.2. The van der Waals surface area contributed by atoms with Crippen LogP contribution in [0.1, 0.15) is 25.3 Å². The molecule has 1 saturated heterocycles. The van der Waals surface area contributed by atoms with Crippen LogP contribution in [0.25, 0.3) is 0 Å². The molecule has 5 nitrogen and oxygen atoms in total. The zero-order valence-electron chi connectivity index (χ0n) is 12.9. The predicted octanol–water partition coefficient (Wildman–Crippen LogP) is 2.04. The van der Waals surface area contributed by atoms with Crippen LogP contribution >= 0.6 is 0 Å². The Morgan fingerprint density at radius 2 is 2.14 bits per heavy atom. The molecule has 0 saturated carbocycles. The summed E-state index contributed by atoms with van der Waals surface area (Å²) in [6.45, 7) is 4.19. The maximum Gasteiger partial charge on any atom is 0.217 e. The van der Waals surface area contributed by atoms with Crippen molar-refractivity contribution < 1.29 is 4.79 Å². The van der Waals surface area contributed by atoms with E-state index in [1.54, 1.807) is 6.92 Å². The molecular formula is C17H22N4O. The molecule has 1 fully saturated rings. The number of rotatable bonds is 4. The smallest absolute Gasteiger partial charge is 0.217 e. The van der Waals surface area contributed by atoms with E-state index in [-0.39, 0.29) is 11.9 Å². The Morgan fingerprint density at radius 1 is 1.32 bits per heavy atom. The lowest BCUT2D eigenvalue weighted by molar-refractivity contribution is -0.119. The molecule has 0 aliphatic carbocycles. The van der Waals surface area contributed by atoms with E-state index in [4.69, 9.17) is 0 Å². The fraction of sp³-hybridized carbons (Fsp3) is 0.412. The lowest BCUT2D eigenvalue weighted by Crippen LogP contribution is -2.47. The molecule has 1 amide bonds. The third-order valence-electron chi connectivity index (χ3n) is 3.97. The van der Waals surface area contributed by atoms with Gasteiger partial charge in [0.2, 0.25) is 5.91 Å². The second-order valence-corrected chi connectivity index (χ2v) is 5.84. The highest BCUT2D eigenvalue weighted by molar-refractivity contribution is 5.73. The summed E-state index contributed by atoms with van der Waals surface area (Å²) < 4.78 is 1.96. The number of nitrogens with one attached hydrogen (secondary N) is 1. The Labute approximate surface area is 130 Å². The van der Waals surface area contributed by atoms with Crippen molar-refractivity contribution in [2.24, 2.45) is 0 Å². The van der Waals surface area contributed by atoms with Crippen molar-refractivity contribution in [1.29, 1.82) is 0 Å². The number of hydrogen-bond donors (Lipinski definition) is 1. The van der Waals surface area contributed by atoms with E-state index >= 15 is 0 Å². The molecule has 0 bridgehead atoms. The quantitative estimate of drug-likeness (QED) is 0.939. The molecule has 116 valence electrons. The number of carbonyl (C=O) groups is 1. The molecule has 1 aliphatic rings. The first kappa shape index (κ1) is 14.6. The highest BCUT2D eigenvalue weighted by Crippen LogP contribution is 2.18. The molecule has 2 heterocycles. The van der Waals surface area contributed by atoms with Crippen molar-refractivity contribution in [2.75, 3.05) is 18.0 Å². The molecule has 0 radical (unpaired) electrons. The van der Waals surface area contributed by atoms with E-state index in [1.807, 2.05) is 29.1 Å². The summed E-state index contributed by atoms with van der Waals surface area (Å²) in [5, 5.41) is 7.69. The molecule has 1 N–H and O–H groups in total. The molecule has 1 aromatic carbocycles. The minimum Gasteiger partial charge on any atom is -0.353 e. The number of amides is 1. The summed E-state index contributed by atoms with van der Waals surface area (Å²) in [6.07, 6.45) is 4.14. The summed E-state index contributed by atoms with van der Waals surface area (Å²) in [6, 6.07) is 12.6. The summed E-state index contributed by atoms with van der Waals surface area (Å²) in [5.41, 5.74) is 1.24. The number of hydrogen-bond acceptors (Lipinski definition) is 3. The zero-order chi connectivity index (χ0) is 15.4. The van der Waals surface area contributed by atoms with Gasteiger partial charge in [0.1, 0.15) is 0 Å². The van der Waals surface area contributed by atoms with Crippen molar-refractivity contribution in [3.05, 3.63) is 48.2 Å². The topological polar surface area (TPSA) is 50.2 Å². The lowest BCUT2D eigenvalue weighted by Gasteiger charge is -2.33. The van der Waals surface area contributed by atoms with Gasteiger partial charge in [-0.2, -0.15) is 5.10 Å². The number of benzene rings is 1. The van der Waals surface area contributed by atoms with Gasteiger partial charge in [-0.1, -0.05) is 30.3 Å². The van der Waals surface area contributed by atoms with Crippen LogP contribution < -0.4 is 10.2 Å². The molecule has 1 unspecified atom stereocenters. The first-order chi connectivity index (χ1) is 10.7. The van der Waals surface area contributed by atoms with E-state index < -0.39 is 0 Å². The van der Waals surface area contributed by atoms with Crippen LogP contribution in [0.15, 0.2) is 42.6 Å². The first-order valence-corrected chi connectivity index (χ1v) is 7.80. The summed E-state index contributed by atoms with van der Waals surface area (Å²) in [7, 11) is 0. The third-order valence-corrected chi connectivity index (χ3v) is 3.97. The average molecular weight is 298 g/mol. The second-order valence-electron chi connectivity index (χ2n) is 5.84. The molecule has 22 heavy (non-hydrogen) atoms. The van der Waals surface area contributed by atoms with Gasteiger partial charge in [-0.05, 0) is 18.4 Å². The van der Waals surface area contributed by atoms with Crippen LogP contribution in [0.5, 0.6) is 0 Å². The molecule has 1 aromatic heterocycles. The molecule has 3 rings (SSSR count). The first-order valence-electron chi connectivity index (χ1n) is 7.80. The van der Waals surface area contributed by atoms with Crippen molar-refractivity contribution in [3.63, 3.8) is 0 Å². The summed E-state index contributed by atoms with van der Waals surface area (Å²) >= 11 is 0. The van der Waals surface area contributed by atoms with E-state index in [1.165, 1.54) is 5.56 Å². The fourth-order valence-corrected chi connectivity index (χ4v) is 2.97. The maximum atomic E-state index is 11.2. The lowest BCUT2D eigenvalue weighted by atomic mass is 10.1. The number of piperidine rings is 1. The maximum absolute atomic E-state index is 11.2. The minimum atomic E-state index is 0.0430. The van der Waals surface area contributed by atoms with Crippen molar-refractivity contribution in [3.8, 4) is 0 Å². The van der Waals surface area contributed by atoms with E-state index in [0.29, 0.717) is 0 Å². The summed E-state index contributed by atoms with van der Waals surface area (Å²) in [5.74, 6) is 1.03. The van der Waals surface area contributed by atoms with Gasteiger partial charge in [-0.3, -0.25) is 9.48 Å². The highest BCUT2D eigenvalue weighted by Gasteiger charge is 2.21. The van der Waals surface area contributed by atoms with Crippen LogP contribution in [0, 0.1) is 0 Å². The van der Waals surface area contributed by atoms with Crippen LogP contribution in [0.4, 0.5) is 5.82 Å². The van der Waals surface area contributed by atoms with Gasteiger partial charge in [0.25, 0.3) is 0 Å². The predicted molar refractivity (Wildman–Crippen MR) is 86.8 cm³/mol. The molecule has 1 aliphatic heterocycles. The Hall–Kier alpha value is -2.30. The number of carbonyl (C=O) groups excluding carboxylic acids is 1. The van der Waals surface area contributed by atoms with Crippen molar-refractivity contribution >= 4 is 11.7 Å². The minimum absolute atomic E-state index is 0.0430. The molecular weight excluding hydrogens is 276 g/mol. The highest BCUT2D eigenvalue weighted by atomic mass is 16.1. The monoisotopic (exact) mass is 298 g/mol. The van der Waals surface area contributed by atoms with E-state index in [2.05, 4.69) is 33.5 Å². The SMILES string of the molecule is CC(=O)NC1CCCN(c2ccn(Cc3ccccc3)n2)C1. The molecule has 0 spiro atoms. The Balaban J connectivity index is 1.64. The number of aromatic nitrogens is 2. The van der Waals surface area contributed by atoms with Crippen molar-refractivity contribution in [2.45, 2.75) is 32.4 Å². The van der Waals surface area contributed by atoms with Crippen LogP contribution in [0.2, 0.25) is 0 Å². The molecule has 5 heteroatoms. The second kappa shape index (κ2) is 6.64. The van der Waals surface area contributed by atoms with Crippen molar-refractivity contribution in [1.82, 2.24) is 15.1 Å². The number of nitrogens with zero attached hydrogens (tertiary/aromatic N) is 3. The van der Waals surface area contributed by atoms with Gasteiger partial charge >= 0.3 is 0 Å². The third kappa shape index (κ3) is 3.67. The Morgan fingerprint density at radius 3 is 2.91 bits per heavy atom. The van der Waals surface area contributed by atoms with Crippen LogP contribution in [0.3, 0.4) is 0 Å². The van der Waals surface area contributed by atoms with Gasteiger partial charge < -0.3 is 10.2 Å². The van der Waals surface area contributed by atoms with Gasteiger partial charge in [0.15, 0.2) is 5.82 Å². The largest absolute Gasteiger partial charge is 0.353 e. The van der Waals surface area contributed by atoms with Crippen LogP contribution in [-0.2, 0) is 11.3 Å². The Kier molecular flexibility index (Phi) is 4.42. The van der Waals surface area contributed by atoms with Gasteiger partial charge in [-0.15, -0.1) is 0 Å². The fourth-order valence-electron chi connectivity index (χ4n) is 2.97.